The van der Waals surface area contributed by atoms with Gasteiger partial charge in [-0.05, 0) is 209 Å². The van der Waals surface area contributed by atoms with Crippen LogP contribution in [0.1, 0.15) is 160 Å². The van der Waals surface area contributed by atoms with Crippen LogP contribution in [0.25, 0.3) is 93.9 Å². The highest BCUT2D eigenvalue weighted by molar-refractivity contribution is 6.99. The molecule has 2 heterocycles. The molecule has 0 aromatic heterocycles. The fourth-order valence-corrected chi connectivity index (χ4v) is 15.9. The maximum Gasteiger partial charge on any atom is 0.247 e. The number of anilines is 3. The van der Waals surface area contributed by atoms with Crippen LogP contribution in [0.15, 0.2) is 279 Å². The molecule has 2 aliphatic rings. The molecule has 0 saturated heterocycles. The Kier molecular flexibility index (Phi) is 17.5. The Hall–Kier alpha value is -11.3. The minimum Gasteiger partial charge on any atom is -0.310 e. The number of nitriles is 1. The zero-order valence-corrected chi connectivity index (χ0v) is 63.6. The summed E-state index contributed by atoms with van der Waals surface area (Å²) in [7, 11) is 0. The van der Waals surface area contributed by atoms with Crippen LogP contribution in [-0.2, 0) is 27.1 Å². The third-order valence-electron chi connectivity index (χ3n) is 22.0. The number of hydrogen-bond donors (Lipinski definition) is 0. The van der Waals surface area contributed by atoms with Gasteiger partial charge >= 0.3 is 0 Å². The number of fused-ring (bicyclic) bond motifs is 4. The molecule has 3 nitrogen and oxygen atoms in total. The zero-order chi connectivity index (χ0) is 73.6. The van der Waals surface area contributed by atoms with Crippen LogP contribution in [0.4, 0.5) is 22.7 Å². The van der Waals surface area contributed by atoms with Gasteiger partial charge < -0.3 is 4.90 Å². The molecule has 0 fully saturated rings. The van der Waals surface area contributed by atoms with Crippen molar-refractivity contribution in [2.75, 3.05) is 4.90 Å². The molecule has 514 valence electrons. The first kappa shape index (κ1) is 69.4. The Morgan fingerprint density at radius 3 is 1.15 bits per heavy atom. The molecule has 1 unspecified atom stereocenters. The van der Waals surface area contributed by atoms with Crippen molar-refractivity contribution < 1.29 is 0 Å². The van der Waals surface area contributed by atoms with Crippen LogP contribution in [0.3, 0.4) is 0 Å². The van der Waals surface area contributed by atoms with Gasteiger partial charge in [0.15, 0.2) is 5.69 Å². The molecular formula is C101H92BN3. The van der Waals surface area contributed by atoms with Crippen LogP contribution >= 0.6 is 0 Å². The van der Waals surface area contributed by atoms with Gasteiger partial charge in [-0.25, -0.2) is 4.85 Å². The first-order valence-electron chi connectivity index (χ1n) is 37.3. The lowest BCUT2D eigenvalue weighted by Gasteiger charge is -2.45. The maximum absolute atomic E-state index is 10.2. The highest BCUT2D eigenvalue weighted by Crippen LogP contribution is 2.55. The smallest absolute Gasteiger partial charge is 0.247 e. The number of rotatable bonds is 10. The minimum atomic E-state index is -0.339. The van der Waals surface area contributed by atoms with E-state index in [9.17, 15) is 5.26 Å². The normalized spacial score (nSPS) is 13.5. The Morgan fingerprint density at radius 2 is 0.695 bits per heavy atom. The Labute approximate surface area is 624 Å². The molecule has 105 heavy (non-hydrogen) atoms. The van der Waals surface area contributed by atoms with E-state index in [1.54, 1.807) is 0 Å². The van der Waals surface area contributed by atoms with Crippen molar-refractivity contribution in [1.29, 1.82) is 5.26 Å². The van der Waals surface area contributed by atoms with Crippen molar-refractivity contribution in [3.8, 4) is 95.1 Å². The zero-order valence-electron chi connectivity index (χ0n) is 63.6. The van der Waals surface area contributed by atoms with Crippen molar-refractivity contribution in [1.82, 2.24) is 0 Å². The van der Waals surface area contributed by atoms with Crippen LogP contribution in [0, 0.1) is 17.9 Å². The van der Waals surface area contributed by atoms with Crippen LogP contribution in [0.5, 0.6) is 0 Å². The van der Waals surface area contributed by atoms with Crippen molar-refractivity contribution in [2.24, 2.45) is 0 Å². The summed E-state index contributed by atoms with van der Waals surface area (Å²) in [6.45, 7) is 43.1. The van der Waals surface area contributed by atoms with Gasteiger partial charge in [-0.15, -0.1) is 0 Å². The summed E-state index contributed by atoms with van der Waals surface area (Å²) < 4.78 is 0. The molecule has 15 rings (SSSR count). The monoisotopic (exact) mass is 1360 g/mol. The van der Waals surface area contributed by atoms with E-state index in [2.05, 4.69) is 374 Å². The summed E-state index contributed by atoms with van der Waals surface area (Å²) in [6.07, 6.45) is 0. The van der Waals surface area contributed by atoms with E-state index in [1.165, 1.54) is 83.1 Å². The van der Waals surface area contributed by atoms with E-state index in [-0.39, 0.29) is 39.7 Å². The van der Waals surface area contributed by atoms with Gasteiger partial charge in [-0.1, -0.05) is 340 Å². The first-order chi connectivity index (χ1) is 50.1. The predicted octanol–water partition coefficient (Wildman–Crippen LogP) is 25.7. The summed E-state index contributed by atoms with van der Waals surface area (Å²) in [4.78, 5) is 6.59. The molecule has 0 amide bonds. The van der Waals surface area contributed by atoms with Gasteiger partial charge in [0.2, 0.25) is 6.71 Å². The van der Waals surface area contributed by atoms with Crippen LogP contribution in [0.2, 0.25) is 0 Å². The first-order valence-corrected chi connectivity index (χ1v) is 37.3. The summed E-state index contributed by atoms with van der Waals surface area (Å²) in [6, 6.07) is 108. The van der Waals surface area contributed by atoms with Gasteiger partial charge in [0.25, 0.3) is 0 Å². The number of hydrogen-bond acceptors (Lipinski definition) is 2. The van der Waals surface area contributed by atoms with E-state index in [4.69, 9.17) is 6.57 Å². The average molecular weight is 1360 g/mol. The second kappa shape index (κ2) is 26.4. The lowest BCUT2D eigenvalue weighted by Crippen LogP contribution is -2.62. The molecule has 0 N–H and O–H groups in total. The summed E-state index contributed by atoms with van der Waals surface area (Å²) in [5, 5.41) is 10.2. The van der Waals surface area contributed by atoms with Gasteiger partial charge in [-0.2, -0.15) is 5.26 Å². The number of nitrogens with zero attached hydrogens (tertiary/aromatic N) is 3. The van der Waals surface area contributed by atoms with Crippen LogP contribution in [-0.4, -0.2) is 6.71 Å². The second-order valence-corrected chi connectivity index (χ2v) is 34.4. The highest BCUT2D eigenvalue weighted by Gasteiger charge is 2.47. The third kappa shape index (κ3) is 13.2. The van der Waals surface area contributed by atoms with Gasteiger partial charge in [0.1, 0.15) is 0 Å². The van der Waals surface area contributed by atoms with E-state index in [1.807, 2.05) is 24.3 Å². The minimum absolute atomic E-state index is 0.182. The summed E-state index contributed by atoms with van der Waals surface area (Å²) in [5.74, 6) is -0.332. The van der Waals surface area contributed by atoms with E-state index < -0.39 is 0 Å². The third-order valence-corrected chi connectivity index (χ3v) is 22.0. The van der Waals surface area contributed by atoms with E-state index >= 15 is 0 Å². The van der Waals surface area contributed by atoms with Gasteiger partial charge in [0.05, 0.1) is 23.9 Å². The molecular weight excluding hydrogens is 1270 g/mol. The molecule has 0 bridgehead atoms. The maximum atomic E-state index is 10.2. The number of benzene rings is 13. The molecule has 13 aromatic carbocycles. The standard InChI is InChI=1S/C101H92BN3/c1-97(2,3)77-49-75(50-78(59-77)98(4,5)6)85-54-73(67-39-37-64(63-103)38-40-67)53-84(69-33-25-19-26-34-69)94(85)93-83-47-43-71(65-29-21-17-22-30-65)57-89(83)102-90-58-72(66-31-23-18-24-32-66)44-48-91(90)105(92-62-81(101(13,14)15)61-88(93)95(92)102)96-86(70-35-27-20-28-36-70)55-74(68-41-45-82(104-16)46-42-68)56-87(96)76-51-79(99(7,8)9)60-80(52-76)100(10,11)12/h17-62,93H,1-15H3. The highest BCUT2D eigenvalue weighted by atomic mass is 15.2. The fourth-order valence-electron chi connectivity index (χ4n) is 15.9. The lowest BCUT2D eigenvalue weighted by atomic mass is 9.30. The lowest BCUT2D eigenvalue weighted by molar-refractivity contribution is 0.568. The molecule has 0 spiro atoms. The molecule has 0 aliphatic carbocycles. The fraction of sp³-hybridized carbons (Fsp3) is 0.208. The van der Waals surface area contributed by atoms with Crippen molar-refractivity contribution in [3.63, 3.8) is 0 Å². The van der Waals surface area contributed by atoms with Crippen molar-refractivity contribution >= 4 is 45.9 Å². The van der Waals surface area contributed by atoms with Gasteiger partial charge in [0, 0.05) is 28.4 Å². The van der Waals surface area contributed by atoms with E-state index in [0.717, 1.165) is 83.8 Å². The molecule has 4 heteroatoms. The molecule has 2 aliphatic heterocycles. The second-order valence-electron chi connectivity index (χ2n) is 34.4. The van der Waals surface area contributed by atoms with Crippen molar-refractivity contribution in [2.45, 2.75) is 137 Å². The van der Waals surface area contributed by atoms with E-state index in [0.29, 0.717) is 11.3 Å². The molecule has 0 radical (unpaired) electrons. The van der Waals surface area contributed by atoms with Crippen LogP contribution < -0.4 is 21.3 Å². The quantitative estimate of drug-likeness (QED) is 0.101. The molecule has 1 atom stereocenters. The topological polar surface area (TPSA) is 31.4 Å². The molecule has 13 aromatic rings. The predicted molar refractivity (Wildman–Crippen MR) is 448 cm³/mol. The van der Waals surface area contributed by atoms with Crippen molar-refractivity contribution in [3.05, 3.63) is 341 Å². The summed E-state index contributed by atoms with van der Waals surface area (Å²) in [5.41, 5.74) is 35.5. The largest absolute Gasteiger partial charge is 0.310 e. The Morgan fingerprint density at radius 1 is 0.324 bits per heavy atom. The molecule has 0 saturated carbocycles. The SMILES string of the molecule is [C-]#[N+]c1ccc(-c2cc(-c3ccccc3)c(N3c4ccc(-c5ccccc5)cc4B4c5cc(-c6ccccc6)ccc5C(c5c(-c6ccccc6)cc(-c6ccc(C#N)cc6)cc5-c5cc(C(C)(C)C)cc(C(C)(C)C)c5)c5cc(C(C)(C)C)cc3c54)c(-c3cc(C(C)(C)C)cc(C(C)(C)C)c3)c2)cc1. The summed E-state index contributed by atoms with van der Waals surface area (Å²) >= 11 is 0. The Bertz CT molecular complexity index is 5200. The Balaban J connectivity index is 1.16. The van der Waals surface area contributed by atoms with Gasteiger partial charge in [-0.3, -0.25) is 0 Å². The average Bonchev–Trinajstić information content (AvgIpc) is 0.690.